The Hall–Kier alpha value is -1.89. The Morgan fingerprint density at radius 1 is 1.12 bits per heavy atom. The van der Waals surface area contributed by atoms with E-state index < -0.39 is 6.04 Å². The molecule has 0 radical (unpaired) electrons. The van der Waals surface area contributed by atoms with Gasteiger partial charge in [0.25, 0.3) is 0 Å². The van der Waals surface area contributed by atoms with Gasteiger partial charge in [0.15, 0.2) is 0 Å². The minimum Gasteiger partial charge on any atom is -0.346 e. The molecule has 6 nitrogen and oxygen atoms in total. The second kappa shape index (κ2) is 10.1. The van der Waals surface area contributed by atoms with Crippen molar-refractivity contribution >= 4 is 53.3 Å². The number of benzene rings is 1. The largest absolute Gasteiger partial charge is 0.346 e. The summed E-state index contributed by atoms with van der Waals surface area (Å²) in [6.07, 6.45) is 0. The Bertz CT molecular complexity index is 695. The fourth-order valence-electron chi connectivity index (χ4n) is 1.91. The van der Waals surface area contributed by atoms with Crippen LogP contribution < -0.4 is 16.4 Å². The monoisotopic (exact) mass is 372 g/mol. The summed E-state index contributed by atoms with van der Waals surface area (Å²) in [7, 11) is 0. The van der Waals surface area contributed by atoms with Crippen molar-refractivity contribution in [3.05, 3.63) is 36.4 Å². The van der Waals surface area contributed by atoms with Crippen molar-refractivity contribution < 1.29 is 9.59 Å². The highest BCUT2D eigenvalue weighted by Crippen LogP contribution is 2.14. The van der Waals surface area contributed by atoms with E-state index in [1.807, 2.05) is 44.2 Å². The van der Waals surface area contributed by atoms with E-state index in [0.717, 1.165) is 10.9 Å². The average molecular weight is 373 g/mol. The molecule has 1 atom stereocenters. The standard InChI is InChI=1S/C16H20N4O2.2ClH/c1-10(2)15(17)16(22)18-9-14(21)20-13-8-7-11-5-3-4-6-12(11)19-13;;/h3-8,10,15H,9,17H2,1-2H3,(H,18,22)(H,19,20,21);2*1H/t15-;;/m0../s1. The zero-order valence-corrected chi connectivity index (χ0v) is 15.1. The van der Waals surface area contributed by atoms with Gasteiger partial charge in [-0.3, -0.25) is 9.59 Å². The third-order valence-corrected chi connectivity index (χ3v) is 3.31. The van der Waals surface area contributed by atoms with Crippen LogP contribution in [-0.4, -0.2) is 29.4 Å². The number of nitrogens with zero attached hydrogens (tertiary/aromatic N) is 1. The molecule has 0 aliphatic rings. The number of anilines is 1. The van der Waals surface area contributed by atoms with Crippen molar-refractivity contribution in [1.82, 2.24) is 10.3 Å². The first kappa shape index (κ1) is 22.1. The fraction of sp³-hybridized carbons (Fsp3) is 0.312. The van der Waals surface area contributed by atoms with Crippen LogP contribution in [0.15, 0.2) is 36.4 Å². The SMILES string of the molecule is CC(C)[C@H](N)C(=O)NCC(=O)Nc1ccc2ccccc2n1.Cl.Cl. The van der Waals surface area contributed by atoms with E-state index in [-0.39, 0.29) is 49.1 Å². The summed E-state index contributed by atoms with van der Waals surface area (Å²) in [6, 6.07) is 10.6. The van der Waals surface area contributed by atoms with E-state index in [0.29, 0.717) is 5.82 Å². The first-order valence-corrected chi connectivity index (χ1v) is 7.16. The number of hydrogen-bond acceptors (Lipinski definition) is 4. The maximum absolute atomic E-state index is 11.8. The number of carbonyl (C=O) groups excluding carboxylic acids is 2. The van der Waals surface area contributed by atoms with E-state index >= 15 is 0 Å². The Morgan fingerprint density at radius 3 is 2.46 bits per heavy atom. The van der Waals surface area contributed by atoms with Crippen molar-refractivity contribution in [3.63, 3.8) is 0 Å². The lowest BCUT2D eigenvalue weighted by Crippen LogP contribution is -2.46. The predicted molar refractivity (Wildman–Crippen MR) is 101 cm³/mol. The maximum atomic E-state index is 11.8. The Kier molecular flexibility index (Phi) is 9.28. The highest BCUT2D eigenvalue weighted by molar-refractivity contribution is 5.95. The van der Waals surface area contributed by atoms with Gasteiger partial charge in [0.1, 0.15) is 5.82 Å². The molecule has 2 amide bonds. The molecule has 0 unspecified atom stereocenters. The number of para-hydroxylation sites is 1. The van der Waals surface area contributed by atoms with Gasteiger partial charge in [-0.25, -0.2) is 4.98 Å². The number of nitrogens with one attached hydrogen (secondary N) is 2. The Morgan fingerprint density at radius 2 is 1.79 bits per heavy atom. The van der Waals surface area contributed by atoms with Gasteiger partial charge in [0.05, 0.1) is 18.1 Å². The first-order chi connectivity index (χ1) is 10.5. The Labute approximate surface area is 153 Å². The van der Waals surface area contributed by atoms with Crippen LogP contribution in [0.25, 0.3) is 10.9 Å². The quantitative estimate of drug-likeness (QED) is 0.748. The van der Waals surface area contributed by atoms with E-state index in [1.54, 1.807) is 6.07 Å². The van der Waals surface area contributed by atoms with Gasteiger partial charge >= 0.3 is 0 Å². The average Bonchev–Trinajstić information content (AvgIpc) is 2.51. The first-order valence-electron chi connectivity index (χ1n) is 7.16. The fourth-order valence-corrected chi connectivity index (χ4v) is 1.91. The van der Waals surface area contributed by atoms with Gasteiger partial charge < -0.3 is 16.4 Å². The van der Waals surface area contributed by atoms with Crippen LogP contribution in [0.2, 0.25) is 0 Å². The molecule has 1 aromatic carbocycles. The second-order valence-corrected chi connectivity index (χ2v) is 5.42. The van der Waals surface area contributed by atoms with Gasteiger partial charge in [0.2, 0.25) is 11.8 Å². The molecule has 1 aromatic heterocycles. The minimum absolute atomic E-state index is 0. The van der Waals surface area contributed by atoms with Crippen molar-refractivity contribution in [3.8, 4) is 0 Å². The van der Waals surface area contributed by atoms with Crippen LogP contribution >= 0.6 is 24.8 Å². The molecule has 2 aromatic rings. The number of pyridine rings is 1. The number of halogens is 2. The summed E-state index contributed by atoms with van der Waals surface area (Å²) < 4.78 is 0. The zero-order chi connectivity index (χ0) is 16.1. The molecule has 2 rings (SSSR count). The molecule has 24 heavy (non-hydrogen) atoms. The highest BCUT2D eigenvalue weighted by atomic mass is 35.5. The lowest BCUT2D eigenvalue weighted by molar-refractivity contribution is -0.125. The summed E-state index contributed by atoms with van der Waals surface area (Å²) in [5, 5.41) is 6.17. The minimum atomic E-state index is -0.619. The van der Waals surface area contributed by atoms with Gasteiger partial charge in [-0.05, 0) is 24.1 Å². The van der Waals surface area contributed by atoms with Crippen LogP contribution in [0.1, 0.15) is 13.8 Å². The summed E-state index contributed by atoms with van der Waals surface area (Å²) >= 11 is 0. The zero-order valence-electron chi connectivity index (χ0n) is 13.5. The van der Waals surface area contributed by atoms with Gasteiger partial charge in [-0.2, -0.15) is 0 Å². The molecule has 0 saturated heterocycles. The van der Waals surface area contributed by atoms with Crippen LogP contribution in [0.5, 0.6) is 0 Å². The molecule has 4 N–H and O–H groups in total. The molecule has 0 aliphatic heterocycles. The number of nitrogens with two attached hydrogens (primary N) is 1. The molecule has 0 aliphatic carbocycles. The van der Waals surface area contributed by atoms with E-state index in [2.05, 4.69) is 15.6 Å². The molecular formula is C16H22Cl2N4O2. The van der Waals surface area contributed by atoms with Crippen LogP contribution in [0.4, 0.5) is 5.82 Å². The summed E-state index contributed by atoms with van der Waals surface area (Å²) in [6.45, 7) is 3.57. The van der Waals surface area contributed by atoms with Crippen molar-refractivity contribution in [1.29, 1.82) is 0 Å². The van der Waals surface area contributed by atoms with Gasteiger partial charge in [0, 0.05) is 5.39 Å². The number of carbonyl (C=O) groups is 2. The number of fused-ring (bicyclic) bond motifs is 1. The van der Waals surface area contributed by atoms with Crippen molar-refractivity contribution in [2.45, 2.75) is 19.9 Å². The molecule has 8 heteroatoms. The van der Waals surface area contributed by atoms with Gasteiger partial charge in [-0.15, -0.1) is 24.8 Å². The smallest absolute Gasteiger partial charge is 0.244 e. The van der Waals surface area contributed by atoms with Crippen LogP contribution in [0.3, 0.4) is 0 Å². The topological polar surface area (TPSA) is 97.1 Å². The third-order valence-electron chi connectivity index (χ3n) is 3.31. The second-order valence-electron chi connectivity index (χ2n) is 5.42. The third kappa shape index (κ3) is 5.96. The van der Waals surface area contributed by atoms with Crippen LogP contribution in [0, 0.1) is 5.92 Å². The number of aromatic nitrogens is 1. The van der Waals surface area contributed by atoms with Gasteiger partial charge in [-0.1, -0.05) is 32.0 Å². The summed E-state index contributed by atoms with van der Waals surface area (Å²) in [4.78, 5) is 27.9. The molecule has 132 valence electrons. The van der Waals surface area contributed by atoms with Crippen molar-refractivity contribution in [2.75, 3.05) is 11.9 Å². The van der Waals surface area contributed by atoms with E-state index in [9.17, 15) is 9.59 Å². The summed E-state index contributed by atoms with van der Waals surface area (Å²) in [5.74, 6) is -0.208. The molecular weight excluding hydrogens is 351 g/mol. The predicted octanol–water partition coefficient (Wildman–Crippen LogP) is 2.12. The number of amides is 2. The maximum Gasteiger partial charge on any atom is 0.244 e. The van der Waals surface area contributed by atoms with Crippen LogP contribution in [-0.2, 0) is 9.59 Å². The van der Waals surface area contributed by atoms with E-state index in [4.69, 9.17) is 5.73 Å². The summed E-state index contributed by atoms with van der Waals surface area (Å²) in [5.41, 5.74) is 6.50. The number of rotatable bonds is 5. The normalized spacial score (nSPS) is 11.2. The highest BCUT2D eigenvalue weighted by Gasteiger charge is 2.17. The Balaban J connectivity index is 0.00000264. The molecule has 0 spiro atoms. The molecule has 0 fully saturated rings. The number of hydrogen-bond donors (Lipinski definition) is 3. The lowest BCUT2D eigenvalue weighted by atomic mass is 10.1. The lowest BCUT2D eigenvalue weighted by Gasteiger charge is -2.15. The van der Waals surface area contributed by atoms with Crippen molar-refractivity contribution in [2.24, 2.45) is 11.7 Å². The molecule has 0 saturated carbocycles. The molecule has 1 heterocycles. The molecule has 0 bridgehead atoms. The van der Waals surface area contributed by atoms with E-state index in [1.165, 1.54) is 0 Å².